The highest BCUT2D eigenvalue weighted by atomic mass is 19.3. The molecule has 2 fully saturated rings. The van der Waals surface area contributed by atoms with E-state index in [0.717, 1.165) is 19.3 Å². The first-order valence-corrected chi connectivity index (χ1v) is 5.32. The molecule has 0 amide bonds. The second-order valence-electron chi connectivity index (χ2n) is 4.60. The first kappa shape index (κ1) is 10.3. The van der Waals surface area contributed by atoms with Crippen molar-refractivity contribution in [2.75, 3.05) is 6.61 Å². The molecule has 2 unspecified atom stereocenters. The average Bonchev–Trinajstić information content (AvgIpc) is 2.44. The summed E-state index contributed by atoms with van der Waals surface area (Å²) in [4.78, 5) is 0. The van der Waals surface area contributed by atoms with E-state index in [2.05, 4.69) is 0 Å². The van der Waals surface area contributed by atoms with Crippen LogP contribution < -0.4 is 5.73 Å². The molecule has 0 aliphatic heterocycles. The molecule has 0 radical (unpaired) electrons. The Hall–Kier alpha value is -0.220. The largest absolute Gasteiger partial charge is 0.376 e. The van der Waals surface area contributed by atoms with Crippen LogP contribution in [0.5, 0.6) is 0 Å². The van der Waals surface area contributed by atoms with Gasteiger partial charge < -0.3 is 10.5 Å². The van der Waals surface area contributed by atoms with Gasteiger partial charge in [0.05, 0.1) is 12.7 Å². The molecule has 2 rings (SSSR count). The molecular weight excluding hydrogens is 188 g/mol. The molecule has 2 nitrogen and oxygen atoms in total. The van der Waals surface area contributed by atoms with E-state index >= 15 is 0 Å². The number of hydrogen-bond acceptors (Lipinski definition) is 2. The SMILES string of the molecule is NC1CCCC1OCC1CC(F)(F)C1. The highest BCUT2D eigenvalue weighted by Gasteiger charge is 2.45. The van der Waals surface area contributed by atoms with Crippen molar-refractivity contribution in [1.82, 2.24) is 0 Å². The van der Waals surface area contributed by atoms with Crippen molar-refractivity contribution in [1.29, 1.82) is 0 Å². The highest BCUT2D eigenvalue weighted by Crippen LogP contribution is 2.42. The number of hydrogen-bond donors (Lipinski definition) is 1. The van der Waals surface area contributed by atoms with Crippen molar-refractivity contribution in [2.24, 2.45) is 11.7 Å². The molecule has 2 saturated carbocycles. The molecular formula is C10H17F2NO. The molecule has 2 atom stereocenters. The molecule has 4 heteroatoms. The van der Waals surface area contributed by atoms with Gasteiger partial charge in [-0.05, 0) is 25.2 Å². The smallest absolute Gasteiger partial charge is 0.248 e. The zero-order valence-corrected chi connectivity index (χ0v) is 8.22. The molecule has 2 aliphatic carbocycles. The minimum atomic E-state index is -2.42. The van der Waals surface area contributed by atoms with Crippen LogP contribution in [-0.2, 0) is 4.74 Å². The minimum Gasteiger partial charge on any atom is -0.376 e. The Balaban J connectivity index is 1.64. The number of nitrogens with two attached hydrogens (primary N) is 1. The first-order valence-electron chi connectivity index (χ1n) is 5.32. The van der Waals surface area contributed by atoms with E-state index in [1.807, 2.05) is 0 Å². The maximum atomic E-state index is 12.5. The first-order chi connectivity index (χ1) is 6.57. The molecule has 0 spiro atoms. The summed E-state index contributed by atoms with van der Waals surface area (Å²) >= 11 is 0. The third kappa shape index (κ3) is 2.23. The van der Waals surface area contributed by atoms with Gasteiger partial charge in [-0.3, -0.25) is 0 Å². The maximum Gasteiger partial charge on any atom is 0.248 e. The monoisotopic (exact) mass is 205 g/mol. The lowest BCUT2D eigenvalue weighted by atomic mass is 9.82. The summed E-state index contributed by atoms with van der Waals surface area (Å²) in [5.41, 5.74) is 5.80. The quantitative estimate of drug-likeness (QED) is 0.764. The van der Waals surface area contributed by atoms with Crippen LogP contribution in [-0.4, -0.2) is 24.7 Å². The van der Waals surface area contributed by atoms with Crippen molar-refractivity contribution in [3.8, 4) is 0 Å². The molecule has 0 saturated heterocycles. The summed E-state index contributed by atoms with van der Waals surface area (Å²) in [6.45, 7) is 0.466. The van der Waals surface area contributed by atoms with Crippen molar-refractivity contribution in [3.05, 3.63) is 0 Å². The molecule has 0 aromatic heterocycles. The Morgan fingerprint density at radius 2 is 2.00 bits per heavy atom. The lowest BCUT2D eigenvalue weighted by molar-refractivity contribution is -0.135. The molecule has 0 heterocycles. The van der Waals surface area contributed by atoms with E-state index in [9.17, 15) is 8.78 Å². The Morgan fingerprint density at radius 3 is 2.50 bits per heavy atom. The lowest BCUT2D eigenvalue weighted by Gasteiger charge is -2.35. The maximum absolute atomic E-state index is 12.5. The average molecular weight is 205 g/mol. The number of alkyl halides is 2. The van der Waals surface area contributed by atoms with Crippen LogP contribution in [0.15, 0.2) is 0 Å². The Labute approximate surface area is 82.8 Å². The van der Waals surface area contributed by atoms with Gasteiger partial charge in [-0.15, -0.1) is 0 Å². The second-order valence-corrected chi connectivity index (χ2v) is 4.60. The van der Waals surface area contributed by atoms with Gasteiger partial charge in [0.25, 0.3) is 0 Å². The fraction of sp³-hybridized carbons (Fsp3) is 1.00. The Morgan fingerprint density at radius 1 is 1.29 bits per heavy atom. The standard InChI is InChI=1S/C10H17F2NO/c11-10(12)4-7(5-10)6-14-9-3-1-2-8(9)13/h7-9H,1-6,13H2. The molecule has 82 valence electrons. The lowest BCUT2D eigenvalue weighted by Crippen LogP contribution is -2.40. The third-order valence-corrected chi connectivity index (χ3v) is 3.22. The highest BCUT2D eigenvalue weighted by molar-refractivity contribution is 4.87. The van der Waals surface area contributed by atoms with Gasteiger partial charge in [0.15, 0.2) is 0 Å². The zero-order valence-electron chi connectivity index (χ0n) is 8.22. The summed E-state index contributed by atoms with van der Waals surface area (Å²) in [6.07, 6.45) is 3.20. The van der Waals surface area contributed by atoms with E-state index in [1.165, 1.54) is 0 Å². The zero-order chi connectivity index (χ0) is 10.2. The molecule has 2 aliphatic rings. The number of rotatable bonds is 3. The summed E-state index contributed by atoms with van der Waals surface area (Å²) in [6, 6.07) is 0.121. The molecule has 0 aromatic rings. The minimum absolute atomic E-state index is 0.00500. The van der Waals surface area contributed by atoms with Gasteiger partial charge in [-0.1, -0.05) is 0 Å². The third-order valence-electron chi connectivity index (χ3n) is 3.22. The summed E-state index contributed by atoms with van der Waals surface area (Å²) in [5, 5.41) is 0. The summed E-state index contributed by atoms with van der Waals surface area (Å²) in [7, 11) is 0. The van der Waals surface area contributed by atoms with Crippen LogP contribution >= 0.6 is 0 Å². The van der Waals surface area contributed by atoms with Crippen LogP contribution in [0.3, 0.4) is 0 Å². The van der Waals surface area contributed by atoms with E-state index in [-0.39, 0.29) is 30.9 Å². The van der Waals surface area contributed by atoms with Crippen LogP contribution in [0.2, 0.25) is 0 Å². The van der Waals surface area contributed by atoms with Crippen molar-refractivity contribution >= 4 is 0 Å². The number of ether oxygens (including phenoxy) is 1. The van der Waals surface area contributed by atoms with E-state index in [1.54, 1.807) is 0 Å². The molecule has 14 heavy (non-hydrogen) atoms. The molecule has 0 bridgehead atoms. The van der Waals surface area contributed by atoms with Crippen LogP contribution in [0.25, 0.3) is 0 Å². The summed E-state index contributed by atoms with van der Waals surface area (Å²) < 4.78 is 30.5. The summed E-state index contributed by atoms with van der Waals surface area (Å²) in [5.74, 6) is -2.37. The fourth-order valence-corrected chi connectivity index (χ4v) is 2.32. The van der Waals surface area contributed by atoms with Crippen LogP contribution in [0.1, 0.15) is 32.1 Å². The molecule has 2 N–H and O–H groups in total. The van der Waals surface area contributed by atoms with Gasteiger partial charge in [-0.25, -0.2) is 8.78 Å². The topological polar surface area (TPSA) is 35.2 Å². The van der Waals surface area contributed by atoms with Crippen LogP contribution in [0, 0.1) is 5.92 Å². The molecule has 0 aromatic carbocycles. The van der Waals surface area contributed by atoms with Crippen molar-refractivity contribution in [2.45, 2.75) is 50.2 Å². The van der Waals surface area contributed by atoms with Crippen molar-refractivity contribution in [3.63, 3.8) is 0 Å². The van der Waals surface area contributed by atoms with E-state index < -0.39 is 5.92 Å². The normalized spacial score (nSPS) is 37.1. The van der Waals surface area contributed by atoms with Gasteiger partial charge in [-0.2, -0.15) is 0 Å². The van der Waals surface area contributed by atoms with Gasteiger partial charge in [0.1, 0.15) is 0 Å². The van der Waals surface area contributed by atoms with Gasteiger partial charge in [0.2, 0.25) is 5.92 Å². The van der Waals surface area contributed by atoms with Gasteiger partial charge >= 0.3 is 0 Å². The second kappa shape index (κ2) is 3.74. The van der Waals surface area contributed by atoms with E-state index in [0.29, 0.717) is 6.61 Å². The predicted molar refractivity (Wildman–Crippen MR) is 49.2 cm³/mol. The Bertz CT molecular complexity index is 202. The number of halogens is 2. The van der Waals surface area contributed by atoms with E-state index in [4.69, 9.17) is 10.5 Å². The van der Waals surface area contributed by atoms with Crippen molar-refractivity contribution < 1.29 is 13.5 Å². The van der Waals surface area contributed by atoms with Crippen LogP contribution in [0.4, 0.5) is 8.78 Å². The fourth-order valence-electron chi connectivity index (χ4n) is 2.32. The Kier molecular flexibility index (Phi) is 2.75. The predicted octanol–water partition coefficient (Wildman–Crippen LogP) is 1.93. The van der Waals surface area contributed by atoms with Gasteiger partial charge in [0, 0.05) is 18.9 Å².